The fourth-order valence-electron chi connectivity index (χ4n) is 2.61. The highest BCUT2D eigenvalue weighted by Gasteiger charge is 2.06. The molecule has 0 unspecified atom stereocenters. The van der Waals surface area contributed by atoms with Gasteiger partial charge in [-0.3, -0.25) is 0 Å². The predicted molar refractivity (Wildman–Crippen MR) is 103 cm³/mol. The molecule has 2 rings (SSSR count). The van der Waals surface area contributed by atoms with E-state index in [1.54, 1.807) is 13.2 Å². The van der Waals surface area contributed by atoms with Crippen LogP contribution in [0.5, 0.6) is 5.75 Å². The number of rotatable bonds is 9. The van der Waals surface area contributed by atoms with E-state index >= 15 is 0 Å². The summed E-state index contributed by atoms with van der Waals surface area (Å²) in [6, 6.07) is 13.8. The molecule has 0 saturated heterocycles. The number of hydrogen-bond acceptors (Lipinski definition) is 3. The van der Waals surface area contributed by atoms with Gasteiger partial charge in [0.05, 0.1) is 12.8 Å². The second kappa shape index (κ2) is 9.52. The zero-order valence-electron chi connectivity index (χ0n) is 14.8. The van der Waals surface area contributed by atoms with Crippen LogP contribution in [-0.4, -0.2) is 24.7 Å². The summed E-state index contributed by atoms with van der Waals surface area (Å²) in [4.78, 5) is 10.7. The van der Waals surface area contributed by atoms with Gasteiger partial charge in [0, 0.05) is 12.6 Å². The maximum atomic E-state index is 10.7. The van der Waals surface area contributed by atoms with Gasteiger partial charge in [-0.1, -0.05) is 44.0 Å². The van der Waals surface area contributed by atoms with Crippen LogP contribution >= 0.6 is 0 Å². The molecule has 2 aromatic rings. The van der Waals surface area contributed by atoms with E-state index < -0.39 is 5.97 Å². The van der Waals surface area contributed by atoms with Gasteiger partial charge in [0.15, 0.2) is 0 Å². The number of aliphatic carboxylic acids is 1. The molecule has 0 spiro atoms. The normalized spacial score (nSPS) is 10.8. The number of unbranched alkanes of at least 4 members (excludes halogenated alkanes) is 2. The van der Waals surface area contributed by atoms with E-state index in [2.05, 4.69) is 18.3 Å². The summed E-state index contributed by atoms with van der Waals surface area (Å²) in [5, 5.41) is 12.2. The number of ether oxygens (including phenoxy) is 1. The van der Waals surface area contributed by atoms with Crippen molar-refractivity contribution in [3.63, 3.8) is 0 Å². The Kier molecular flexibility index (Phi) is 7.08. The van der Waals surface area contributed by atoms with Crippen LogP contribution in [0.15, 0.2) is 48.5 Å². The van der Waals surface area contributed by atoms with E-state index in [1.807, 2.05) is 36.4 Å². The maximum Gasteiger partial charge on any atom is 0.328 e. The zero-order valence-corrected chi connectivity index (χ0v) is 14.8. The molecule has 4 heteroatoms. The maximum absolute atomic E-state index is 10.7. The fourth-order valence-corrected chi connectivity index (χ4v) is 2.61. The average Bonchev–Trinajstić information content (AvgIpc) is 2.63. The number of hydrogen-bond donors (Lipinski definition) is 2. The minimum absolute atomic E-state index is 0.821. The lowest BCUT2D eigenvalue weighted by Crippen LogP contribution is -2.03. The Morgan fingerprint density at radius 3 is 2.68 bits per heavy atom. The van der Waals surface area contributed by atoms with Gasteiger partial charge in [-0.15, -0.1) is 0 Å². The molecule has 2 N–H and O–H groups in total. The summed E-state index contributed by atoms with van der Waals surface area (Å²) in [7, 11) is 1.67. The quantitative estimate of drug-likeness (QED) is 0.495. The predicted octanol–water partition coefficient (Wildman–Crippen LogP) is 5.06. The Hall–Kier alpha value is -2.75. The van der Waals surface area contributed by atoms with Crippen LogP contribution in [-0.2, 0) is 4.79 Å². The topological polar surface area (TPSA) is 58.6 Å². The van der Waals surface area contributed by atoms with Gasteiger partial charge in [0.1, 0.15) is 5.75 Å². The molecule has 0 amide bonds. The number of methoxy groups -OCH3 is 1. The molecule has 0 radical (unpaired) electrons. The second-order valence-electron chi connectivity index (χ2n) is 5.85. The van der Waals surface area contributed by atoms with E-state index in [0.29, 0.717) is 0 Å². The summed E-state index contributed by atoms with van der Waals surface area (Å²) in [5.74, 6) is -0.129. The molecule has 2 aromatic carbocycles. The lowest BCUT2D eigenvalue weighted by molar-refractivity contribution is -0.131. The third-order valence-corrected chi connectivity index (χ3v) is 3.93. The van der Waals surface area contributed by atoms with Crippen LogP contribution in [0.25, 0.3) is 17.2 Å². The Morgan fingerprint density at radius 1 is 1.16 bits per heavy atom. The number of carboxylic acid groups (broad SMARTS) is 1. The Bertz CT molecular complexity index is 738. The summed E-state index contributed by atoms with van der Waals surface area (Å²) >= 11 is 0. The Labute approximate surface area is 149 Å². The van der Waals surface area contributed by atoms with Crippen molar-refractivity contribution in [3.05, 3.63) is 54.1 Å². The third-order valence-electron chi connectivity index (χ3n) is 3.93. The van der Waals surface area contributed by atoms with Crippen molar-refractivity contribution in [3.8, 4) is 16.9 Å². The van der Waals surface area contributed by atoms with Gasteiger partial charge in [0.25, 0.3) is 0 Å². The monoisotopic (exact) mass is 339 g/mol. The SMILES string of the molecule is CCCCCNc1cc(-c2cccc(C=CC(=O)O)c2)ccc1OC. The molecule has 0 atom stereocenters. The zero-order chi connectivity index (χ0) is 18.1. The number of anilines is 1. The van der Waals surface area contributed by atoms with Gasteiger partial charge in [0.2, 0.25) is 0 Å². The summed E-state index contributed by atoms with van der Waals surface area (Å²) in [6.45, 7) is 3.10. The first kappa shape index (κ1) is 18.6. The molecular formula is C21H25NO3. The minimum atomic E-state index is -0.951. The van der Waals surface area contributed by atoms with Crippen LogP contribution in [0.2, 0.25) is 0 Å². The first-order chi connectivity index (χ1) is 12.1. The smallest absolute Gasteiger partial charge is 0.328 e. The summed E-state index contributed by atoms with van der Waals surface area (Å²) in [6.07, 6.45) is 6.26. The molecule has 25 heavy (non-hydrogen) atoms. The van der Waals surface area contributed by atoms with Crippen LogP contribution in [0, 0.1) is 0 Å². The molecule has 0 heterocycles. The minimum Gasteiger partial charge on any atom is -0.495 e. The molecule has 132 valence electrons. The number of nitrogens with one attached hydrogen (secondary N) is 1. The van der Waals surface area contributed by atoms with E-state index in [-0.39, 0.29) is 0 Å². The molecule has 4 nitrogen and oxygen atoms in total. The van der Waals surface area contributed by atoms with Crippen LogP contribution in [0.1, 0.15) is 31.7 Å². The highest BCUT2D eigenvalue weighted by Crippen LogP contribution is 2.31. The first-order valence-corrected chi connectivity index (χ1v) is 8.57. The molecule has 0 aliphatic heterocycles. The lowest BCUT2D eigenvalue weighted by atomic mass is 10.0. The number of benzene rings is 2. The van der Waals surface area contributed by atoms with Gasteiger partial charge in [-0.25, -0.2) is 4.79 Å². The molecule has 0 bridgehead atoms. The van der Waals surface area contributed by atoms with Gasteiger partial charge in [-0.05, 0) is 47.4 Å². The number of carboxylic acids is 1. The third kappa shape index (κ3) is 5.68. The number of carbonyl (C=O) groups is 1. The van der Waals surface area contributed by atoms with E-state index in [0.717, 1.165) is 47.2 Å². The van der Waals surface area contributed by atoms with Crippen molar-refractivity contribution in [2.45, 2.75) is 26.2 Å². The Morgan fingerprint density at radius 2 is 1.96 bits per heavy atom. The van der Waals surface area contributed by atoms with Crippen molar-refractivity contribution in [2.24, 2.45) is 0 Å². The largest absolute Gasteiger partial charge is 0.495 e. The van der Waals surface area contributed by atoms with E-state index in [9.17, 15) is 4.79 Å². The van der Waals surface area contributed by atoms with Gasteiger partial charge >= 0.3 is 5.97 Å². The molecule has 0 aliphatic carbocycles. The molecule has 0 aliphatic rings. The van der Waals surface area contributed by atoms with Crippen molar-refractivity contribution >= 4 is 17.7 Å². The fraction of sp³-hybridized carbons (Fsp3) is 0.286. The molecule has 0 aromatic heterocycles. The standard InChI is InChI=1S/C21H25NO3/c1-3-4-5-13-22-19-15-18(10-11-20(19)25-2)17-8-6-7-16(14-17)9-12-21(23)24/h6-12,14-15,22H,3-5,13H2,1-2H3,(H,23,24). The highest BCUT2D eigenvalue weighted by molar-refractivity contribution is 5.85. The molecule has 0 fully saturated rings. The first-order valence-electron chi connectivity index (χ1n) is 8.57. The van der Waals surface area contributed by atoms with E-state index in [4.69, 9.17) is 9.84 Å². The summed E-state index contributed by atoms with van der Waals surface area (Å²) in [5.41, 5.74) is 3.92. The van der Waals surface area contributed by atoms with Crippen molar-refractivity contribution in [1.29, 1.82) is 0 Å². The van der Waals surface area contributed by atoms with Gasteiger partial charge in [-0.2, -0.15) is 0 Å². The summed E-state index contributed by atoms with van der Waals surface area (Å²) < 4.78 is 5.44. The molecular weight excluding hydrogens is 314 g/mol. The average molecular weight is 339 g/mol. The molecule has 0 saturated carbocycles. The van der Waals surface area contributed by atoms with Crippen LogP contribution in [0.4, 0.5) is 5.69 Å². The highest BCUT2D eigenvalue weighted by atomic mass is 16.5. The van der Waals surface area contributed by atoms with Gasteiger partial charge < -0.3 is 15.2 Å². The van der Waals surface area contributed by atoms with Crippen molar-refractivity contribution in [1.82, 2.24) is 0 Å². The van der Waals surface area contributed by atoms with Crippen molar-refractivity contribution in [2.75, 3.05) is 19.0 Å². The van der Waals surface area contributed by atoms with Crippen LogP contribution in [0.3, 0.4) is 0 Å². The lowest BCUT2D eigenvalue weighted by Gasteiger charge is -2.13. The van der Waals surface area contributed by atoms with Crippen molar-refractivity contribution < 1.29 is 14.6 Å². The Balaban J connectivity index is 2.23. The van der Waals surface area contributed by atoms with E-state index in [1.165, 1.54) is 12.8 Å². The van der Waals surface area contributed by atoms with Crippen LogP contribution < -0.4 is 10.1 Å². The second-order valence-corrected chi connectivity index (χ2v) is 5.85.